The van der Waals surface area contributed by atoms with Gasteiger partial charge in [0.25, 0.3) is 0 Å². The summed E-state index contributed by atoms with van der Waals surface area (Å²) in [6.45, 7) is 3.94. The molecule has 108 valence electrons. The Bertz CT molecular complexity index is 472. The Balaban J connectivity index is 1.49. The van der Waals surface area contributed by atoms with E-state index in [-0.39, 0.29) is 6.03 Å². The molecule has 0 aromatic heterocycles. The van der Waals surface area contributed by atoms with E-state index in [4.69, 9.17) is 9.47 Å². The van der Waals surface area contributed by atoms with Crippen LogP contribution in [0.5, 0.6) is 5.75 Å². The summed E-state index contributed by atoms with van der Waals surface area (Å²) in [4.78, 5) is 13.8. The molecule has 2 aliphatic heterocycles. The normalized spacial score (nSPS) is 21.8. The molecule has 1 fully saturated rings. The lowest BCUT2D eigenvalue weighted by Gasteiger charge is -2.29. The fourth-order valence-electron chi connectivity index (χ4n) is 2.63. The summed E-state index contributed by atoms with van der Waals surface area (Å²) in [6.07, 6.45) is 0.958. The van der Waals surface area contributed by atoms with Crippen LogP contribution in [0, 0.1) is 5.92 Å². The molecule has 0 radical (unpaired) electrons. The van der Waals surface area contributed by atoms with Crippen molar-refractivity contribution in [2.45, 2.75) is 6.42 Å². The summed E-state index contributed by atoms with van der Waals surface area (Å²) in [5.74, 6) is 1.32. The number of hydrogen-bond donors (Lipinski definition) is 1. The Morgan fingerprint density at radius 2 is 2.10 bits per heavy atom. The molecule has 0 aliphatic carbocycles. The summed E-state index contributed by atoms with van der Waals surface area (Å²) < 4.78 is 11.0. The van der Waals surface area contributed by atoms with Gasteiger partial charge in [0, 0.05) is 25.6 Å². The van der Waals surface area contributed by atoms with Crippen molar-refractivity contribution in [2.24, 2.45) is 5.92 Å². The Morgan fingerprint density at radius 3 is 2.95 bits per heavy atom. The molecule has 5 nitrogen and oxygen atoms in total. The molecular formula is C15H20N2O3. The standard InChI is InChI=1S/C15H20N2O3/c18-15(17-5-7-19-8-6-17)16-10-12-9-13-3-1-2-4-14(13)20-11-12/h1-4,12H,5-11H2,(H,16,18)/t12-/m0/s1. The predicted molar refractivity (Wildman–Crippen MR) is 74.9 cm³/mol. The first-order valence-corrected chi connectivity index (χ1v) is 7.14. The molecule has 2 heterocycles. The third-order valence-corrected chi connectivity index (χ3v) is 3.80. The third-order valence-electron chi connectivity index (χ3n) is 3.80. The zero-order chi connectivity index (χ0) is 13.8. The lowest BCUT2D eigenvalue weighted by atomic mass is 9.97. The number of rotatable bonds is 2. The molecule has 0 spiro atoms. The second-order valence-electron chi connectivity index (χ2n) is 5.27. The van der Waals surface area contributed by atoms with Gasteiger partial charge in [0.2, 0.25) is 0 Å². The maximum atomic E-state index is 12.0. The average molecular weight is 276 g/mol. The van der Waals surface area contributed by atoms with Gasteiger partial charge in [-0.1, -0.05) is 18.2 Å². The zero-order valence-electron chi connectivity index (χ0n) is 11.5. The van der Waals surface area contributed by atoms with Crippen molar-refractivity contribution in [1.82, 2.24) is 10.2 Å². The molecule has 2 amide bonds. The van der Waals surface area contributed by atoms with Crippen LogP contribution >= 0.6 is 0 Å². The summed E-state index contributed by atoms with van der Waals surface area (Å²) >= 11 is 0. The van der Waals surface area contributed by atoms with E-state index in [1.165, 1.54) is 5.56 Å². The molecule has 1 aromatic carbocycles. The van der Waals surface area contributed by atoms with Gasteiger partial charge in [-0.2, -0.15) is 0 Å². The summed E-state index contributed by atoms with van der Waals surface area (Å²) in [5, 5.41) is 3.00. The van der Waals surface area contributed by atoms with Gasteiger partial charge in [-0.15, -0.1) is 0 Å². The monoisotopic (exact) mass is 276 g/mol. The van der Waals surface area contributed by atoms with Crippen LogP contribution in [0.2, 0.25) is 0 Å². The Morgan fingerprint density at radius 1 is 1.30 bits per heavy atom. The molecule has 1 saturated heterocycles. The third kappa shape index (κ3) is 3.04. The maximum absolute atomic E-state index is 12.0. The quantitative estimate of drug-likeness (QED) is 0.885. The van der Waals surface area contributed by atoms with Crippen LogP contribution in [0.4, 0.5) is 4.79 Å². The van der Waals surface area contributed by atoms with Gasteiger partial charge in [0.1, 0.15) is 5.75 Å². The van der Waals surface area contributed by atoms with Gasteiger partial charge in [-0.05, 0) is 18.1 Å². The van der Waals surface area contributed by atoms with Crippen LogP contribution < -0.4 is 10.1 Å². The molecule has 5 heteroatoms. The summed E-state index contributed by atoms with van der Waals surface area (Å²) in [5.41, 5.74) is 1.23. The first-order valence-electron chi connectivity index (χ1n) is 7.14. The van der Waals surface area contributed by atoms with Gasteiger partial charge >= 0.3 is 6.03 Å². The lowest BCUT2D eigenvalue weighted by Crippen LogP contribution is -2.48. The molecule has 1 atom stereocenters. The molecule has 0 bridgehead atoms. The first-order chi connectivity index (χ1) is 9.83. The maximum Gasteiger partial charge on any atom is 0.317 e. The van der Waals surface area contributed by atoms with Crippen LogP contribution in [0.1, 0.15) is 5.56 Å². The van der Waals surface area contributed by atoms with Gasteiger partial charge in [-0.3, -0.25) is 0 Å². The lowest BCUT2D eigenvalue weighted by molar-refractivity contribution is 0.0527. The van der Waals surface area contributed by atoms with Crippen LogP contribution in [0.25, 0.3) is 0 Å². The van der Waals surface area contributed by atoms with Crippen molar-refractivity contribution in [3.05, 3.63) is 29.8 Å². The van der Waals surface area contributed by atoms with E-state index in [0.717, 1.165) is 12.2 Å². The molecule has 0 saturated carbocycles. The number of urea groups is 1. The second-order valence-corrected chi connectivity index (χ2v) is 5.27. The molecular weight excluding hydrogens is 256 g/mol. The molecule has 3 rings (SSSR count). The van der Waals surface area contributed by atoms with Crippen LogP contribution in [0.15, 0.2) is 24.3 Å². The molecule has 20 heavy (non-hydrogen) atoms. The number of morpholine rings is 1. The number of amides is 2. The Kier molecular flexibility index (Phi) is 4.06. The van der Waals surface area contributed by atoms with E-state index in [0.29, 0.717) is 45.4 Å². The smallest absolute Gasteiger partial charge is 0.317 e. The number of carbonyl (C=O) groups excluding carboxylic acids is 1. The highest BCUT2D eigenvalue weighted by Gasteiger charge is 2.22. The molecule has 2 aliphatic rings. The predicted octanol–water partition coefficient (Wildman–Crippen LogP) is 1.28. The van der Waals surface area contributed by atoms with Gasteiger partial charge < -0.3 is 19.7 Å². The number of fused-ring (bicyclic) bond motifs is 1. The largest absolute Gasteiger partial charge is 0.493 e. The Hall–Kier alpha value is -1.75. The van der Waals surface area contributed by atoms with Crippen molar-refractivity contribution in [1.29, 1.82) is 0 Å². The van der Waals surface area contributed by atoms with E-state index in [1.807, 2.05) is 18.2 Å². The van der Waals surface area contributed by atoms with Crippen molar-refractivity contribution in [3.8, 4) is 5.75 Å². The first kappa shape index (κ1) is 13.2. The van der Waals surface area contributed by atoms with E-state index < -0.39 is 0 Å². The minimum atomic E-state index is 0.00663. The van der Waals surface area contributed by atoms with Gasteiger partial charge in [-0.25, -0.2) is 4.79 Å². The highest BCUT2D eigenvalue weighted by atomic mass is 16.5. The minimum Gasteiger partial charge on any atom is -0.493 e. The second kappa shape index (κ2) is 6.13. The van der Waals surface area contributed by atoms with Crippen LogP contribution in [0.3, 0.4) is 0 Å². The van der Waals surface area contributed by atoms with E-state index in [9.17, 15) is 4.79 Å². The Labute approximate surface area is 118 Å². The average Bonchev–Trinajstić information content (AvgIpc) is 2.53. The molecule has 0 unspecified atom stereocenters. The number of benzene rings is 1. The van der Waals surface area contributed by atoms with Gasteiger partial charge in [0.15, 0.2) is 0 Å². The van der Waals surface area contributed by atoms with Crippen LogP contribution in [-0.2, 0) is 11.2 Å². The van der Waals surface area contributed by atoms with E-state index >= 15 is 0 Å². The number of hydrogen-bond acceptors (Lipinski definition) is 3. The number of ether oxygens (including phenoxy) is 2. The SMILES string of the molecule is O=C(NC[C@H]1COc2ccccc2C1)N1CCOCC1. The fraction of sp³-hybridized carbons (Fsp3) is 0.533. The zero-order valence-corrected chi connectivity index (χ0v) is 11.5. The van der Waals surface area contributed by atoms with Crippen LogP contribution in [-0.4, -0.2) is 50.4 Å². The number of carbonyl (C=O) groups is 1. The number of nitrogens with zero attached hydrogens (tertiary/aromatic N) is 1. The van der Waals surface area contributed by atoms with Gasteiger partial charge in [0.05, 0.1) is 19.8 Å². The molecule has 1 aromatic rings. The topological polar surface area (TPSA) is 50.8 Å². The highest BCUT2D eigenvalue weighted by molar-refractivity contribution is 5.74. The number of nitrogens with one attached hydrogen (secondary N) is 1. The van der Waals surface area contributed by atoms with Crippen molar-refractivity contribution in [2.75, 3.05) is 39.5 Å². The van der Waals surface area contributed by atoms with Crippen molar-refractivity contribution < 1.29 is 14.3 Å². The highest BCUT2D eigenvalue weighted by Crippen LogP contribution is 2.26. The van der Waals surface area contributed by atoms with Crippen molar-refractivity contribution >= 4 is 6.03 Å². The van der Waals surface area contributed by atoms with E-state index in [2.05, 4.69) is 11.4 Å². The van der Waals surface area contributed by atoms with E-state index in [1.54, 1.807) is 4.90 Å². The molecule has 1 N–H and O–H groups in total. The summed E-state index contributed by atoms with van der Waals surface area (Å²) in [7, 11) is 0. The number of para-hydroxylation sites is 1. The fourth-order valence-corrected chi connectivity index (χ4v) is 2.63. The summed E-state index contributed by atoms with van der Waals surface area (Å²) in [6, 6.07) is 8.10. The van der Waals surface area contributed by atoms with Crippen molar-refractivity contribution in [3.63, 3.8) is 0 Å². The minimum absolute atomic E-state index is 0.00663.